The molecule has 0 radical (unpaired) electrons. The van der Waals surface area contributed by atoms with Crippen LogP contribution in [-0.2, 0) is 0 Å². The van der Waals surface area contributed by atoms with Gasteiger partial charge in [0.15, 0.2) is 0 Å². The molecule has 1 fully saturated rings. The van der Waals surface area contributed by atoms with Crippen molar-refractivity contribution in [2.45, 2.75) is 38.1 Å². The lowest BCUT2D eigenvalue weighted by Gasteiger charge is -2.42. The molecule has 1 aliphatic rings. The van der Waals surface area contributed by atoms with Crippen LogP contribution in [0.1, 0.15) is 32.6 Å². The third kappa shape index (κ3) is 1.69. The Balaban J connectivity index is 2.09. The van der Waals surface area contributed by atoms with Gasteiger partial charge in [0.05, 0.1) is 0 Å². The lowest BCUT2D eigenvalue weighted by molar-refractivity contribution is 0.268. The highest BCUT2D eigenvalue weighted by Crippen LogP contribution is 2.37. The van der Waals surface area contributed by atoms with Gasteiger partial charge in [-0.1, -0.05) is 6.92 Å². The Kier molecular flexibility index (Phi) is 2.35. The second-order valence-corrected chi connectivity index (χ2v) is 3.84. The molecule has 1 N–H and O–H groups in total. The van der Waals surface area contributed by atoms with Gasteiger partial charge in [-0.05, 0) is 25.7 Å². The molecule has 3 nitrogen and oxygen atoms in total. The van der Waals surface area contributed by atoms with Crippen LogP contribution in [-0.4, -0.2) is 15.5 Å². The first-order chi connectivity index (χ1) is 6.74. The number of hydrogen-bond acceptors (Lipinski definition) is 3. The summed E-state index contributed by atoms with van der Waals surface area (Å²) in [6.45, 7) is 2.14. The molecule has 1 aromatic rings. The van der Waals surface area contributed by atoms with E-state index in [0.29, 0.717) is 5.82 Å². The van der Waals surface area contributed by atoms with Crippen LogP contribution in [0.25, 0.3) is 0 Å². The summed E-state index contributed by atoms with van der Waals surface area (Å²) in [5.41, 5.74) is 0.154. The quantitative estimate of drug-likeness (QED) is 0.752. The molecule has 2 rings (SSSR count). The molecule has 0 unspecified atom stereocenters. The van der Waals surface area contributed by atoms with Crippen molar-refractivity contribution in [3.8, 4) is 0 Å². The zero-order valence-electron chi connectivity index (χ0n) is 8.26. The highest BCUT2D eigenvalue weighted by Gasteiger charge is 2.35. The maximum absolute atomic E-state index is 12.8. The third-order valence-corrected chi connectivity index (χ3v) is 3.01. The molecule has 1 saturated carbocycles. The largest absolute Gasteiger partial charge is 0.364 e. The standard InChI is InChI=1S/C10H14FN3/c1-2-10(4-3-5-10)14-9-6-8(11)12-7-13-9/h6-7H,2-5H2,1H3,(H,12,13,14). The highest BCUT2D eigenvalue weighted by atomic mass is 19.1. The van der Waals surface area contributed by atoms with E-state index in [1.807, 2.05) is 0 Å². The van der Waals surface area contributed by atoms with Gasteiger partial charge in [-0.2, -0.15) is 4.39 Å². The van der Waals surface area contributed by atoms with E-state index in [4.69, 9.17) is 0 Å². The number of nitrogens with one attached hydrogen (secondary N) is 1. The number of hydrogen-bond donors (Lipinski definition) is 1. The highest BCUT2D eigenvalue weighted by molar-refractivity contribution is 5.37. The van der Waals surface area contributed by atoms with Crippen LogP contribution < -0.4 is 5.32 Å². The van der Waals surface area contributed by atoms with Crippen molar-refractivity contribution in [2.24, 2.45) is 0 Å². The van der Waals surface area contributed by atoms with E-state index >= 15 is 0 Å². The fraction of sp³-hybridized carbons (Fsp3) is 0.600. The maximum Gasteiger partial charge on any atom is 0.217 e. The Labute approximate surface area is 82.8 Å². The van der Waals surface area contributed by atoms with Gasteiger partial charge >= 0.3 is 0 Å². The minimum absolute atomic E-state index is 0.154. The molecule has 0 saturated heterocycles. The first-order valence-corrected chi connectivity index (χ1v) is 5.00. The van der Waals surface area contributed by atoms with E-state index in [1.54, 1.807) is 0 Å². The summed E-state index contributed by atoms with van der Waals surface area (Å²) in [4.78, 5) is 7.41. The number of anilines is 1. The Morgan fingerprint density at radius 3 is 2.79 bits per heavy atom. The maximum atomic E-state index is 12.8. The van der Waals surface area contributed by atoms with E-state index in [1.165, 1.54) is 18.8 Å². The molecular formula is C10H14FN3. The van der Waals surface area contributed by atoms with E-state index in [-0.39, 0.29) is 5.54 Å². The average molecular weight is 195 g/mol. The van der Waals surface area contributed by atoms with Gasteiger partial charge in [0, 0.05) is 11.6 Å². The second-order valence-electron chi connectivity index (χ2n) is 3.84. The first-order valence-electron chi connectivity index (χ1n) is 5.00. The number of rotatable bonds is 3. The van der Waals surface area contributed by atoms with Crippen LogP contribution in [0, 0.1) is 5.95 Å². The van der Waals surface area contributed by atoms with Gasteiger partial charge in [0.2, 0.25) is 5.95 Å². The molecule has 0 aliphatic heterocycles. The minimum atomic E-state index is -0.479. The summed E-state index contributed by atoms with van der Waals surface area (Å²) in [6, 6.07) is 1.34. The molecule has 4 heteroatoms. The Morgan fingerprint density at radius 2 is 2.29 bits per heavy atom. The number of nitrogens with zero attached hydrogens (tertiary/aromatic N) is 2. The van der Waals surface area contributed by atoms with E-state index in [0.717, 1.165) is 19.3 Å². The molecular weight excluding hydrogens is 181 g/mol. The Hall–Kier alpha value is -1.19. The second kappa shape index (κ2) is 3.52. The lowest BCUT2D eigenvalue weighted by atomic mass is 9.75. The van der Waals surface area contributed by atoms with Gasteiger partial charge in [-0.15, -0.1) is 0 Å². The predicted molar refractivity (Wildman–Crippen MR) is 52.5 cm³/mol. The molecule has 14 heavy (non-hydrogen) atoms. The molecule has 1 aromatic heterocycles. The average Bonchev–Trinajstić information content (AvgIpc) is 2.11. The van der Waals surface area contributed by atoms with Gasteiger partial charge < -0.3 is 5.32 Å². The summed E-state index contributed by atoms with van der Waals surface area (Å²) in [7, 11) is 0. The topological polar surface area (TPSA) is 37.8 Å². The molecule has 0 aromatic carbocycles. The molecule has 0 spiro atoms. The Bertz CT molecular complexity index is 317. The molecule has 1 heterocycles. The predicted octanol–water partition coefficient (Wildman–Crippen LogP) is 2.36. The summed E-state index contributed by atoms with van der Waals surface area (Å²) < 4.78 is 12.8. The van der Waals surface area contributed by atoms with Crippen molar-refractivity contribution in [1.29, 1.82) is 0 Å². The van der Waals surface area contributed by atoms with Crippen molar-refractivity contribution in [2.75, 3.05) is 5.32 Å². The molecule has 0 atom stereocenters. The van der Waals surface area contributed by atoms with Gasteiger partial charge in [-0.25, -0.2) is 9.97 Å². The van der Waals surface area contributed by atoms with Gasteiger partial charge in [0.1, 0.15) is 12.1 Å². The van der Waals surface area contributed by atoms with Gasteiger partial charge in [-0.3, -0.25) is 0 Å². The van der Waals surface area contributed by atoms with Crippen molar-refractivity contribution in [3.63, 3.8) is 0 Å². The molecule has 0 bridgehead atoms. The SMILES string of the molecule is CCC1(Nc2cc(F)ncn2)CCC1. The lowest BCUT2D eigenvalue weighted by Crippen LogP contribution is -2.44. The van der Waals surface area contributed by atoms with E-state index < -0.39 is 5.95 Å². The first kappa shape index (κ1) is 9.37. The molecule has 1 aliphatic carbocycles. The number of halogens is 1. The van der Waals surface area contributed by atoms with Crippen LogP contribution in [0.3, 0.4) is 0 Å². The van der Waals surface area contributed by atoms with Crippen molar-refractivity contribution < 1.29 is 4.39 Å². The normalized spacial score (nSPS) is 18.7. The fourth-order valence-corrected chi connectivity index (χ4v) is 1.84. The molecule has 0 amide bonds. The van der Waals surface area contributed by atoms with E-state index in [2.05, 4.69) is 22.2 Å². The van der Waals surface area contributed by atoms with Crippen LogP contribution in [0.5, 0.6) is 0 Å². The van der Waals surface area contributed by atoms with Crippen LogP contribution in [0.4, 0.5) is 10.2 Å². The van der Waals surface area contributed by atoms with Crippen molar-refractivity contribution in [3.05, 3.63) is 18.3 Å². The summed E-state index contributed by atoms with van der Waals surface area (Å²) in [5, 5.41) is 3.29. The summed E-state index contributed by atoms with van der Waals surface area (Å²) in [5.74, 6) is 0.118. The van der Waals surface area contributed by atoms with Crippen molar-refractivity contribution >= 4 is 5.82 Å². The van der Waals surface area contributed by atoms with Gasteiger partial charge in [0.25, 0.3) is 0 Å². The number of aromatic nitrogens is 2. The smallest absolute Gasteiger partial charge is 0.217 e. The minimum Gasteiger partial charge on any atom is -0.364 e. The van der Waals surface area contributed by atoms with Crippen LogP contribution >= 0.6 is 0 Å². The van der Waals surface area contributed by atoms with Crippen LogP contribution in [0.15, 0.2) is 12.4 Å². The zero-order chi connectivity index (χ0) is 10.0. The molecule has 76 valence electrons. The summed E-state index contributed by atoms with van der Waals surface area (Å²) in [6.07, 6.45) is 5.84. The van der Waals surface area contributed by atoms with E-state index in [9.17, 15) is 4.39 Å². The Morgan fingerprint density at radius 1 is 1.50 bits per heavy atom. The van der Waals surface area contributed by atoms with Crippen LogP contribution in [0.2, 0.25) is 0 Å². The van der Waals surface area contributed by atoms with Crippen molar-refractivity contribution in [1.82, 2.24) is 9.97 Å². The summed E-state index contributed by atoms with van der Waals surface area (Å²) >= 11 is 0. The zero-order valence-corrected chi connectivity index (χ0v) is 8.26. The third-order valence-electron chi connectivity index (χ3n) is 3.01. The monoisotopic (exact) mass is 195 g/mol. The fourth-order valence-electron chi connectivity index (χ4n) is 1.84.